The van der Waals surface area contributed by atoms with Crippen LogP contribution in [-0.4, -0.2) is 14.6 Å². The fourth-order valence-corrected chi connectivity index (χ4v) is 2.58. The van der Waals surface area contributed by atoms with Gasteiger partial charge in [0.1, 0.15) is 11.5 Å². The fourth-order valence-electron chi connectivity index (χ4n) is 2.36. The zero-order valence-corrected chi connectivity index (χ0v) is 12.9. The van der Waals surface area contributed by atoms with E-state index in [1.165, 1.54) is 0 Å². The molecule has 4 aromatic rings. The predicted octanol–water partition coefficient (Wildman–Crippen LogP) is 4.25. The first-order chi connectivity index (χ1) is 11.3. The summed E-state index contributed by atoms with van der Waals surface area (Å²) >= 11 is 5.99. The molecule has 114 valence electrons. The quantitative estimate of drug-likeness (QED) is 0.609. The summed E-state index contributed by atoms with van der Waals surface area (Å²) in [5, 5.41) is 8.46. The molecule has 0 aliphatic rings. The van der Waals surface area contributed by atoms with Gasteiger partial charge in [-0.05, 0) is 35.9 Å². The van der Waals surface area contributed by atoms with Crippen molar-refractivity contribution in [1.82, 2.24) is 14.6 Å². The highest BCUT2D eigenvalue weighted by Crippen LogP contribution is 2.20. The molecule has 3 aromatic heterocycles. The standard InChI is InChI=1S/C17H13ClN4O/c18-13-4-1-3-12(9-13)11-19-16-6-7-22-17(20-16)10-14(21-22)15-5-2-8-23-15/h1-10H,11H2,(H,19,20). The summed E-state index contributed by atoms with van der Waals surface area (Å²) in [4.78, 5) is 4.56. The molecule has 0 unspecified atom stereocenters. The van der Waals surface area contributed by atoms with E-state index >= 15 is 0 Å². The van der Waals surface area contributed by atoms with Gasteiger partial charge in [-0.1, -0.05) is 23.7 Å². The van der Waals surface area contributed by atoms with E-state index in [1.807, 2.05) is 54.7 Å². The molecule has 0 radical (unpaired) electrons. The maximum Gasteiger partial charge on any atom is 0.158 e. The smallest absolute Gasteiger partial charge is 0.158 e. The second-order valence-corrected chi connectivity index (χ2v) is 5.54. The van der Waals surface area contributed by atoms with Crippen LogP contribution >= 0.6 is 11.6 Å². The molecular formula is C17H13ClN4O. The molecule has 0 aliphatic heterocycles. The van der Waals surface area contributed by atoms with Gasteiger partial charge in [-0.3, -0.25) is 0 Å². The van der Waals surface area contributed by atoms with Gasteiger partial charge in [0.05, 0.1) is 6.26 Å². The number of fused-ring (bicyclic) bond motifs is 1. The minimum absolute atomic E-state index is 0.656. The first-order valence-electron chi connectivity index (χ1n) is 7.16. The van der Waals surface area contributed by atoms with Crippen molar-refractivity contribution in [2.75, 3.05) is 5.32 Å². The minimum Gasteiger partial charge on any atom is -0.463 e. The van der Waals surface area contributed by atoms with Crippen molar-refractivity contribution in [1.29, 1.82) is 0 Å². The van der Waals surface area contributed by atoms with Gasteiger partial charge in [-0.2, -0.15) is 5.10 Å². The Bertz CT molecular complexity index is 946. The zero-order chi connectivity index (χ0) is 15.6. The molecule has 0 saturated carbocycles. The van der Waals surface area contributed by atoms with Gasteiger partial charge >= 0.3 is 0 Å². The Hall–Kier alpha value is -2.79. The predicted molar refractivity (Wildman–Crippen MR) is 89.5 cm³/mol. The molecule has 0 saturated heterocycles. The lowest BCUT2D eigenvalue weighted by atomic mass is 10.2. The van der Waals surface area contributed by atoms with Crippen molar-refractivity contribution >= 4 is 23.1 Å². The number of hydrogen-bond acceptors (Lipinski definition) is 4. The van der Waals surface area contributed by atoms with Gasteiger partial charge in [0.25, 0.3) is 0 Å². The van der Waals surface area contributed by atoms with Crippen LogP contribution in [-0.2, 0) is 6.54 Å². The molecule has 0 bridgehead atoms. The monoisotopic (exact) mass is 324 g/mol. The van der Waals surface area contributed by atoms with Crippen LogP contribution in [0.1, 0.15) is 5.56 Å². The number of benzene rings is 1. The molecule has 0 amide bonds. The molecule has 0 spiro atoms. The number of aromatic nitrogens is 3. The molecule has 6 heteroatoms. The van der Waals surface area contributed by atoms with E-state index in [0.717, 1.165) is 33.5 Å². The molecule has 0 atom stereocenters. The summed E-state index contributed by atoms with van der Waals surface area (Å²) in [6, 6.07) is 15.2. The third kappa shape index (κ3) is 2.91. The SMILES string of the molecule is Clc1cccc(CNc2ccn3nc(-c4ccco4)cc3n2)c1. The number of furan rings is 1. The number of nitrogens with zero attached hydrogens (tertiary/aromatic N) is 3. The first kappa shape index (κ1) is 13.8. The average Bonchev–Trinajstić information content (AvgIpc) is 3.21. The number of anilines is 1. The van der Waals surface area contributed by atoms with Gasteiger partial charge in [-0.15, -0.1) is 0 Å². The summed E-state index contributed by atoms with van der Waals surface area (Å²) < 4.78 is 7.09. The average molecular weight is 325 g/mol. The van der Waals surface area contributed by atoms with Crippen molar-refractivity contribution in [3.8, 4) is 11.5 Å². The summed E-state index contributed by atoms with van der Waals surface area (Å²) in [5.74, 6) is 1.51. The number of rotatable bonds is 4. The summed E-state index contributed by atoms with van der Waals surface area (Å²) in [6.45, 7) is 0.656. The van der Waals surface area contributed by atoms with Crippen LogP contribution in [0, 0.1) is 0 Å². The Morgan fingerprint density at radius 1 is 1.13 bits per heavy atom. The third-order valence-corrected chi connectivity index (χ3v) is 3.70. The number of halogens is 1. The molecule has 5 nitrogen and oxygen atoms in total. The number of nitrogens with one attached hydrogen (secondary N) is 1. The molecule has 0 fully saturated rings. The molecule has 1 N–H and O–H groups in total. The van der Waals surface area contributed by atoms with Gasteiger partial charge in [0.15, 0.2) is 11.4 Å². The van der Waals surface area contributed by atoms with E-state index in [-0.39, 0.29) is 0 Å². The van der Waals surface area contributed by atoms with Crippen molar-refractivity contribution < 1.29 is 4.42 Å². The summed E-state index contributed by atoms with van der Waals surface area (Å²) in [6.07, 6.45) is 3.50. The summed E-state index contributed by atoms with van der Waals surface area (Å²) in [5.41, 5.74) is 2.62. The van der Waals surface area contributed by atoms with Crippen LogP contribution in [0.3, 0.4) is 0 Å². The van der Waals surface area contributed by atoms with E-state index in [0.29, 0.717) is 6.54 Å². The van der Waals surface area contributed by atoms with Crippen LogP contribution < -0.4 is 5.32 Å². The van der Waals surface area contributed by atoms with Crippen molar-refractivity contribution in [3.05, 3.63) is 71.6 Å². The van der Waals surface area contributed by atoms with Crippen LogP contribution in [0.25, 0.3) is 17.1 Å². The maximum absolute atomic E-state index is 5.99. The normalized spacial score (nSPS) is 11.0. The van der Waals surface area contributed by atoms with Gasteiger partial charge < -0.3 is 9.73 Å². The van der Waals surface area contributed by atoms with Crippen LogP contribution in [0.4, 0.5) is 5.82 Å². The van der Waals surface area contributed by atoms with E-state index in [1.54, 1.807) is 10.8 Å². The molecular weight excluding hydrogens is 312 g/mol. The van der Waals surface area contributed by atoms with E-state index in [9.17, 15) is 0 Å². The Morgan fingerprint density at radius 3 is 2.91 bits per heavy atom. The highest BCUT2D eigenvalue weighted by molar-refractivity contribution is 6.30. The molecule has 0 aliphatic carbocycles. The first-order valence-corrected chi connectivity index (χ1v) is 7.54. The van der Waals surface area contributed by atoms with E-state index in [4.69, 9.17) is 16.0 Å². The van der Waals surface area contributed by atoms with Crippen LogP contribution in [0.2, 0.25) is 5.02 Å². The van der Waals surface area contributed by atoms with Gasteiger partial charge in [0.2, 0.25) is 0 Å². The Labute approximate surface area is 137 Å². The largest absolute Gasteiger partial charge is 0.463 e. The lowest BCUT2D eigenvalue weighted by Crippen LogP contribution is -2.02. The second kappa shape index (κ2) is 5.78. The molecule has 23 heavy (non-hydrogen) atoms. The van der Waals surface area contributed by atoms with E-state index in [2.05, 4.69) is 15.4 Å². The van der Waals surface area contributed by atoms with Gasteiger partial charge in [-0.25, -0.2) is 9.50 Å². The lowest BCUT2D eigenvalue weighted by molar-refractivity contribution is 0.579. The highest BCUT2D eigenvalue weighted by Gasteiger charge is 2.08. The lowest BCUT2D eigenvalue weighted by Gasteiger charge is -2.06. The topological polar surface area (TPSA) is 55.4 Å². The van der Waals surface area contributed by atoms with Gasteiger partial charge in [0, 0.05) is 23.8 Å². The Balaban J connectivity index is 1.56. The van der Waals surface area contributed by atoms with E-state index < -0.39 is 0 Å². The van der Waals surface area contributed by atoms with Crippen molar-refractivity contribution in [2.45, 2.75) is 6.54 Å². The Morgan fingerprint density at radius 2 is 2.09 bits per heavy atom. The summed E-state index contributed by atoms with van der Waals surface area (Å²) in [7, 11) is 0. The van der Waals surface area contributed by atoms with Crippen molar-refractivity contribution in [3.63, 3.8) is 0 Å². The Kier molecular flexibility index (Phi) is 3.48. The molecule has 3 heterocycles. The minimum atomic E-state index is 0.656. The third-order valence-electron chi connectivity index (χ3n) is 3.46. The second-order valence-electron chi connectivity index (χ2n) is 5.11. The maximum atomic E-state index is 5.99. The van der Waals surface area contributed by atoms with Crippen molar-refractivity contribution in [2.24, 2.45) is 0 Å². The van der Waals surface area contributed by atoms with Crippen LogP contribution in [0.5, 0.6) is 0 Å². The van der Waals surface area contributed by atoms with Crippen LogP contribution in [0.15, 0.2) is 65.4 Å². The highest BCUT2D eigenvalue weighted by atomic mass is 35.5. The number of hydrogen-bond donors (Lipinski definition) is 1. The fraction of sp³-hybridized carbons (Fsp3) is 0.0588. The molecule has 1 aromatic carbocycles. The molecule has 4 rings (SSSR count). The zero-order valence-electron chi connectivity index (χ0n) is 12.1.